The molecule has 1 heterocycles. The van der Waals surface area contributed by atoms with E-state index in [0.29, 0.717) is 0 Å². The van der Waals surface area contributed by atoms with Crippen molar-refractivity contribution in [3.05, 3.63) is 29.8 Å². The first-order chi connectivity index (χ1) is 5.42. The van der Waals surface area contributed by atoms with Crippen LogP contribution in [0.3, 0.4) is 0 Å². The van der Waals surface area contributed by atoms with Crippen molar-refractivity contribution < 1.29 is 5.11 Å². The van der Waals surface area contributed by atoms with Crippen molar-refractivity contribution in [1.29, 1.82) is 0 Å². The number of para-hydroxylation sites is 1. The molecule has 0 saturated heterocycles. The third-order valence-electron chi connectivity index (χ3n) is 1.93. The van der Waals surface area contributed by atoms with Crippen molar-refractivity contribution in [2.75, 3.05) is 6.61 Å². The van der Waals surface area contributed by atoms with Gasteiger partial charge in [-0.1, -0.05) is 18.2 Å². The Balaban J connectivity index is 2.46. The second kappa shape index (κ2) is 2.47. The zero-order valence-corrected chi connectivity index (χ0v) is 6.07. The van der Waals surface area contributed by atoms with Gasteiger partial charge in [0.1, 0.15) is 0 Å². The van der Waals surface area contributed by atoms with Crippen LogP contribution >= 0.6 is 0 Å². The highest BCUT2D eigenvalue weighted by Gasteiger charge is 2.16. The Morgan fingerprint density at radius 1 is 1.36 bits per heavy atom. The van der Waals surface area contributed by atoms with Crippen LogP contribution in [-0.4, -0.2) is 17.9 Å². The number of hydrogen-bond donors (Lipinski definition) is 1. The first-order valence-electron chi connectivity index (χ1n) is 3.66. The highest BCUT2D eigenvalue weighted by atomic mass is 16.3. The molecule has 1 aliphatic rings. The van der Waals surface area contributed by atoms with Gasteiger partial charge in [-0.05, 0) is 11.6 Å². The molecule has 11 heavy (non-hydrogen) atoms. The van der Waals surface area contributed by atoms with Gasteiger partial charge >= 0.3 is 0 Å². The normalized spacial score (nSPS) is 20.3. The maximum Gasteiger partial charge on any atom is 0.0665 e. The summed E-state index contributed by atoms with van der Waals surface area (Å²) >= 11 is 0. The van der Waals surface area contributed by atoms with Gasteiger partial charge < -0.3 is 5.11 Å². The lowest BCUT2D eigenvalue weighted by atomic mass is 10.0. The van der Waals surface area contributed by atoms with Gasteiger partial charge in [0.25, 0.3) is 0 Å². The second-order valence-electron chi connectivity index (χ2n) is 2.63. The summed E-state index contributed by atoms with van der Waals surface area (Å²) in [7, 11) is 0. The van der Waals surface area contributed by atoms with E-state index in [2.05, 4.69) is 4.99 Å². The van der Waals surface area contributed by atoms with E-state index < -0.39 is 0 Å². The summed E-state index contributed by atoms with van der Waals surface area (Å²) in [6, 6.07) is 7.89. The standard InChI is InChI=1S/C9H9NO/c11-6-7-5-10-9-4-2-1-3-8(7)9/h1-5,7,11H,6H2. The molecule has 0 fully saturated rings. The first-order valence-corrected chi connectivity index (χ1v) is 3.66. The Kier molecular flexibility index (Phi) is 1.47. The Labute approximate surface area is 65.2 Å². The summed E-state index contributed by atoms with van der Waals surface area (Å²) in [6.07, 6.45) is 1.80. The van der Waals surface area contributed by atoms with Crippen LogP contribution in [0, 0.1) is 0 Å². The lowest BCUT2D eigenvalue weighted by Gasteiger charge is -2.02. The number of hydrogen-bond acceptors (Lipinski definition) is 2. The molecule has 1 unspecified atom stereocenters. The molecule has 1 atom stereocenters. The number of nitrogens with zero attached hydrogens (tertiary/aromatic N) is 1. The van der Waals surface area contributed by atoms with Crippen molar-refractivity contribution in [2.45, 2.75) is 5.92 Å². The molecule has 0 radical (unpaired) electrons. The fourth-order valence-corrected chi connectivity index (χ4v) is 1.31. The summed E-state index contributed by atoms with van der Waals surface area (Å²) in [5, 5.41) is 8.92. The molecule has 2 rings (SSSR count). The molecule has 56 valence electrons. The fraction of sp³-hybridized carbons (Fsp3) is 0.222. The molecule has 1 aliphatic heterocycles. The number of rotatable bonds is 1. The highest BCUT2D eigenvalue weighted by Crippen LogP contribution is 2.30. The molecular weight excluding hydrogens is 138 g/mol. The van der Waals surface area contributed by atoms with E-state index in [0.717, 1.165) is 11.3 Å². The lowest BCUT2D eigenvalue weighted by molar-refractivity contribution is 0.292. The van der Waals surface area contributed by atoms with E-state index >= 15 is 0 Å². The molecule has 0 spiro atoms. The Bertz CT molecular complexity index is 293. The van der Waals surface area contributed by atoms with Crippen molar-refractivity contribution in [2.24, 2.45) is 4.99 Å². The minimum atomic E-state index is 0.117. The van der Waals surface area contributed by atoms with E-state index in [1.54, 1.807) is 6.21 Å². The van der Waals surface area contributed by atoms with Crippen LogP contribution in [0.15, 0.2) is 29.3 Å². The molecule has 0 amide bonds. The average Bonchev–Trinajstić information content (AvgIpc) is 2.47. The quantitative estimate of drug-likeness (QED) is 0.641. The minimum absolute atomic E-state index is 0.117. The fourth-order valence-electron chi connectivity index (χ4n) is 1.31. The molecule has 0 bridgehead atoms. The molecule has 2 nitrogen and oxygen atoms in total. The van der Waals surface area contributed by atoms with E-state index in [-0.39, 0.29) is 12.5 Å². The number of benzene rings is 1. The molecule has 0 saturated carbocycles. The smallest absolute Gasteiger partial charge is 0.0665 e. The van der Waals surface area contributed by atoms with Gasteiger partial charge in [-0.2, -0.15) is 0 Å². The summed E-state index contributed by atoms with van der Waals surface area (Å²) < 4.78 is 0. The lowest BCUT2D eigenvalue weighted by Crippen LogP contribution is -2.00. The monoisotopic (exact) mass is 147 g/mol. The summed E-state index contributed by atoms with van der Waals surface area (Å²) in [4.78, 5) is 4.17. The minimum Gasteiger partial charge on any atom is -0.395 e. The van der Waals surface area contributed by atoms with Crippen molar-refractivity contribution in [3.8, 4) is 0 Å². The van der Waals surface area contributed by atoms with Crippen molar-refractivity contribution in [1.82, 2.24) is 0 Å². The van der Waals surface area contributed by atoms with Crippen LogP contribution in [0.1, 0.15) is 11.5 Å². The predicted octanol–water partition coefficient (Wildman–Crippen LogP) is 1.48. The molecule has 1 N–H and O–H groups in total. The first kappa shape index (κ1) is 6.55. The number of fused-ring (bicyclic) bond motifs is 1. The number of aliphatic imine (C=N–C) groups is 1. The predicted molar refractivity (Wildman–Crippen MR) is 44.4 cm³/mol. The SMILES string of the molecule is OCC1C=Nc2ccccc21. The van der Waals surface area contributed by atoms with Gasteiger partial charge in [0, 0.05) is 12.1 Å². The molecule has 2 heteroatoms. The maximum absolute atomic E-state index is 8.92. The highest BCUT2D eigenvalue weighted by molar-refractivity contribution is 5.80. The summed E-state index contributed by atoms with van der Waals surface area (Å²) in [5.74, 6) is 0.117. The van der Waals surface area contributed by atoms with E-state index in [4.69, 9.17) is 5.11 Å². The molecule has 1 aromatic rings. The van der Waals surface area contributed by atoms with Crippen LogP contribution < -0.4 is 0 Å². The Hall–Kier alpha value is -1.15. The van der Waals surface area contributed by atoms with Gasteiger partial charge in [-0.3, -0.25) is 4.99 Å². The maximum atomic E-state index is 8.92. The molecule has 1 aromatic carbocycles. The zero-order chi connectivity index (χ0) is 7.68. The average molecular weight is 147 g/mol. The van der Waals surface area contributed by atoms with E-state index in [1.807, 2.05) is 24.3 Å². The number of aliphatic hydroxyl groups excluding tert-OH is 1. The van der Waals surface area contributed by atoms with E-state index in [9.17, 15) is 0 Å². The van der Waals surface area contributed by atoms with Crippen LogP contribution in [-0.2, 0) is 0 Å². The summed E-state index contributed by atoms with van der Waals surface area (Å²) in [6.45, 7) is 0.153. The number of aliphatic hydroxyl groups is 1. The Morgan fingerprint density at radius 2 is 2.18 bits per heavy atom. The van der Waals surface area contributed by atoms with Crippen molar-refractivity contribution >= 4 is 11.9 Å². The largest absolute Gasteiger partial charge is 0.395 e. The van der Waals surface area contributed by atoms with Gasteiger partial charge in [0.15, 0.2) is 0 Å². The van der Waals surface area contributed by atoms with Gasteiger partial charge in [-0.15, -0.1) is 0 Å². The third kappa shape index (κ3) is 0.955. The summed E-state index contributed by atoms with van der Waals surface area (Å²) in [5.41, 5.74) is 2.13. The van der Waals surface area contributed by atoms with Gasteiger partial charge in [0.05, 0.1) is 12.3 Å². The molecular formula is C9H9NO. The zero-order valence-electron chi connectivity index (χ0n) is 6.07. The molecule has 0 aliphatic carbocycles. The van der Waals surface area contributed by atoms with Crippen molar-refractivity contribution in [3.63, 3.8) is 0 Å². The van der Waals surface area contributed by atoms with Gasteiger partial charge in [0.2, 0.25) is 0 Å². The van der Waals surface area contributed by atoms with Crippen LogP contribution in [0.2, 0.25) is 0 Å². The topological polar surface area (TPSA) is 32.6 Å². The van der Waals surface area contributed by atoms with Crippen LogP contribution in [0.5, 0.6) is 0 Å². The van der Waals surface area contributed by atoms with Gasteiger partial charge in [-0.25, -0.2) is 0 Å². The second-order valence-corrected chi connectivity index (χ2v) is 2.63. The Morgan fingerprint density at radius 3 is 3.00 bits per heavy atom. The third-order valence-corrected chi connectivity index (χ3v) is 1.93. The van der Waals surface area contributed by atoms with Crippen LogP contribution in [0.4, 0.5) is 5.69 Å². The molecule has 0 aromatic heterocycles. The van der Waals surface area contributed by atoms with Crippen LogP contribution in [0.25, 0.3) is 0 Å². The van der Waals surface area contributed by atoms with E-state index in [1.165, 1.54) is 0 Å².